The third-order valence-corrected chi connectivity index (χ3v) is 3.92. The fourth-order valence-electron chi connectivity index (χ4n) is 2.29. The molecule has 0 bridgehead atoms. The molecule has 4 N–H and O–H groups in total. The lowest BCUT2D eigenvalue weighted by molar-refractivity contribution is -0.134. The van der Waals surface area contributed by atoms with Gasteiger partial charge < -0.3 is 25.7 Å². The number of carbonyl (C=O) groups excluding carboxylic acids is 3. The van der Waals surface area contributed by atoms with E-state index >= 15 is 0 Å². The lowest BCUT2D eigenvalue weighted by Gasteiger charge is -2.35. The van der Waals surface area contributed by atoms with Crippen LogP contribution in [0.1, 0.15) is 24.3 Å². The molecule has 3 amide bonds. The van der Waals surface area contributed by atoms with Crippen molar-refractivity contribution < 1.29 is 24.6 Å². The number of aromatic nitrogens is 2. The van der Waals surface area contributed by atoms with Crippen LogP contribution in [0.5, 0.6) is 11.9 Å². The van der Waals surface area contributed by atoms with Gasteiger partial charge in [-0.05, 0) is 0 Å². The van der Waals surface area contributed by atoms with Gasteiger partial charge in [0.1, 0.15) is 5.69 Å². The molecule has 0 aliphatic carbocycles. The van der Waals surface area contributed by atoms with Crippen LogP contribution in [0.3, 0.4) is 0 Å². The Bertz CT molecular complexity index is 677. The van der Waals surface area contributed by atoms with Gasteiger partial charge in [-0.3, -0.25) is 14.4 Å². The zero-order chi connectivity index (χ0) is 18.8. The van der Waals surface area contributed by atoms with Crippen LogP contribution in [0.4, 0.5) is 0 Å². The van der Waals surface area contributed by atoms with Crippen molar-refractivity contribution in [1.82, 2.24) is 19.8 Å². The number of hydrogen-bond donors (Lipinski definition) is 3. The summed E-state index contributed by atoms with van der Waals surface area (Å²) < 4.78 is 0. The van der Waals surface area contributed by atoms with E-state index in [0.717, 1.165) is 6.07 Å². The smallest absolute Gasteiger partial charge is 0.317 e. The highest BCUT2D eigenvalue weighted by Gasteiger charge is 2.33. The van der Waals surface area contributed by atoms with Crippen LogP contribution < -0.4 is 5.73 Å². The van der Waals surface area contributed by atoms with Gasteiger partial charge in [0, 0.05) is 32.2 Å². The predicted molar refractivity (Wildman–Crippen MR) is 85.1 cm³/mol. The first-order chi connectivity index (χ1) is 11.6. The minimum absolute atomic E-state index is 0.133. The first kappa shape index (κ1) is 18.4. The first-order valence-corrected chi connectivity index (χ1v) is 7.61. The van der Waals surface area contributed by atoms with E-state index in [1.807, 2.05) is 0 Å². The van der Waals surface area contributed by atoms with Gasteiger partial charge in [-0.15, -0.1) is 0 Å². The molecule has 1 radical (unpaired) electrons. The van der Waals surface area contributed by atoms with Crippen LogP contribution in [0.2, 0.25) is 0 Å². The van der Waals surface area contributed by atoms with Crippen LogP contribution in [0, 0.1) is 11.8 Å². The van der Waals surface area contributed by atoms with E-state index in [4.69, 9.17) is 5.73 Å². The van der Waals surface area contributed by atoms with Crippen LogP contribution in [0.25, 0.3) is 0 Å². The molecular formula is C15H20N5O5. The number of nitrogens with two attached hydrogens (primary N) is 1. The van der Waals surface area contributed by atoms with E-state index in [-0.39, 0.29) is 37.8 Å². The summed E-state index contributed by atoms with van der Waals surface area (Å²) in [7, 11) is 0. The van der Waals surface area contributed by atoms with E-state index in [0.29, 0.717) is 0 Å². The van der Waals surface area contributed by atoms with Crippen molar-refractivity contribution in [3.63, 3.8) is 0 Å². The minimum Gasteiger partial charge on any atom is -0.493 e. The summed E-state index contributed by atoms with van der Waals surface area (Å²) in [5.41, 5.74) is 4.06. The Hall–Kier alpha value is -2.91. The highest BCUT2D eigenvalue weighted by atomic mass is 16.3. The minimum atomic E-state index is -1.06. The molecule has 0 atom stereocenters. The molecule has 1 fully saturated rings. The average molecular weight is 350 g/mol. The van der Waals surface area contributed by atoms with Crippen LogP contribution in [0.15, 0.2) is 6.07 Å². The fourth-order valence-corrected chi connectivity index (χ4v) is 2.29. The fraction of sp³-hybridized carbons (Fsp3) is 0.467. The molecule has 1 aliphatic heterocycles. The maximum Gasteiger partial charge on any atom is 0.317 e. The van der Waals surface area contributed by atoms with Gasteiger partial charge in [0.05, 0.1) is 11.8 Å². The Morgan fingerprint density at radius 1 is 1.12 bits per heavy atom. The molecule has 135 valence electrons. The summed E-state index contributed by atoms with van der Waals surface area (Å²) in [6.45, 7) is 4.17. The number of carbonyl (C=O) groups is 3. The van der Waals surface area contributed by atoms with E-state index in [9.17, 15) is 24.6 Å². The molecule has 0 saturated carbocycles. The van der Waals surface area contributed by atoms with Crippen LogP contribution in [-0.4, -0.2) is 73.9 Å². The van der Waals surface area contributed by atoms with Gasteiger partial charge in [0.2, 0.25) is 17.7 Å². The van der Waals surface area contributed by atoms with Crippen LogP contribution >= 0.6 is 0 Å². The Balaban J connectivity index is 1.96. The number of aromatic hydroxyl groups is 2. The van der Waals surface area contributed by atoms with Gasteiger partial charge in [-0.2, -0.15) is 9.97 Å². The normalized spacial score (nSPS) is 15.1. The van der Waals surface area contributed by atoms with E-state index in [1.165, 1.54) is 16.2 Å². The third-order valence-electron chi connectivity index (χ3n) is 3.92. The maximum absolute atomic E-state index is 12.3. The molecule has 1 aromatic heterocycles. The maximum atomic E-state index is 12.3. The predicted octanol–water partition coefficient (Wildman–Crippen LogP) is -1.11. The van der Waals surface area contributed by atoms with Crippen molar-refractivity contribution in [3.8, 4) is 11.9 Å². The number of piperazine rings is 1. The number of amides is 3. The lowest BCUT2D eigenvalue weighted by atomic mass is 9.88. The Morgan fingerprint density at radius 2 is 1.68 bits per heavy atom. The van der Waals surface area contributed by atoms with E-state index in [2.05, 4.69) is 9.97 Å². The molecule has 25 heavy (non-hydrogen) atoms. The highest BCUT2D eigenvalue weighted by molar-refractivity contribution is 5.95. The quantitative estimate of drug-likeness (QED) is 0.623. The number of primary amides is 1. The van der Waals surface area contributed by atoms with Crippen molar-refractivity contribution in [1.29, 1.82) is 0 Å². The average Bonchev–Trinajstić information content (AvgIpc) is 2.52. The van der Waals surface area contributed by atoms with Gasteiger partial charge in [0.15, 0.2) is 0 Å². The topological polar surface area (TPSA) is 150 Å². The van der Waals surface area contributed by atoms with Crippen molar-refractivity contribution in [2.24, 2.45) is 11.1 Å². The van der Waals surface area contributed by atoms with Gasteiger partial charge in [0.25, 0.3) is 5.91 Å². The second kappa shape index (κ2) is 6.91. The molecule has 2 rings (SSSR count). The van der Waals surface area contributed by atoms with Crippen LogP contribution in [-0.2, 0) is 9.59 Å². The molecule has 0 unspecified atom stereocenters. The molecule has 2 heterocycles. The van der Waals surface area contributed by atoms with Crippen molar-refractivity contribution in [3.05, 3.63) is 18.2 Å². The second-order valence-electron chi connectivity index (χ2n) is 6.26. The number of rotatable bonds is 4. The summed E-state index contributed by atoms with van der Waals surface area (Å²) in [6.07, 6.45) is 1.27. The SMILES string of the molecule is CC(C)([CH]C(=O)N1CCN(C(=O)c2cc(O)nc(O)n2)CC1)C(N)=O. The monoisotopic (exact) mass is 350 g/mol. The zero-order valence-corrected chi connectivity index (χ0v) is 14.0. The Labute approximate surface area is 144 Å². The van der Waals surface area contributed by atoms with Gasteiger partial charge in [-0.25, -0.2) is 0 Å². The standard InChI is InChI=1S/C15H20N5O5/c1-15(2,13(16)24)8-11(22)19-3-5-20(6-4-19)12(23)9-7-10(21)18-14(25)17-9/h7-8H,3-6H2,1-2H3,(H2,16,24)(H2,17,18,21,25). The van der Waals surface area contributed by atoms with Crippen molar-refractivity contribution in [2.75, 3.05) is 26.2 Å². The summed E-state index contributed by atoms with van der Waals surface area (Å²) >= 11 is 0. The second-order valence-corrected chi connectivity index (χ2v) is 6.26. The summed E-state index contributed by atoms with van der Waals surface area (Å²) in [6, 6.07) is 0.364. The number of nitrogens with zero attached hydrogens (tertiary/aromatic N) is 4. The highest BCUT2D eigenvalue weighted by Crippen LogP contribution is 2.20. The van der Waals surface area contributed by atoms with Gasteiger partial charge in [-0.1, -0.05) is 13.8 Å². The van der Waals surface area contributed by atoms with E-state index in [1.54, 1.807) is 13.8 Å². The molecule has 1 aliphatic rings. The first-order valence-electron chi connectivity index (χ1n) is 7.61. The molecule has 0 aromatic carbocycles. The summed E-state index contributed by atoms with van der Waals surface area (Å²) in [5.74, 6) is -1.92. The summed E-state index contributed by atoms with van der Waals surface area (Å²) in [4.78, 5) is 45.7. The zero-order valence-electron chi connectivity index (χ0n) is 14.0. The third kappa shape index (κ3) is 4.34. The van der Waals surface area contributed by atoms with Crippen molar-refractivity contribution in [2.45, 2.75) is 13.8 Å². The Morgan fingerprint density at radius 3 is 2.20 bits per heavy atom. The van der Waals surface area contributed by atoms with Gasteiger partial charge >= 0.3 is 6.01 Å². The largest absolute Gasteiger partial charge is 0.493 e. The number of hydrogen-bond acceptors (Lipinski definition) is 7. The lowest BCUT2D eigenvalue weighted by Crippen LogP contribution is -2.52. The summed E-state index contributed by atoms with van der Waals surface area (Å²) in [5, 5.41) is 18.6. The molecule has 1 saturated heterocycles. The molecular weight excluding hydrogens is 330 g/mol. The Kier molecular flexibility index (Phi) is 5.10. The molecule has 0 spiro atoms. The van der Waals surface area contributed by atoms with E-state index < -0.39 is 29.1 Å². The molecule has 1 aromatic rings. The molecule has 10 nitrogen and oxygen atoms in total. The molecule has 10 heteroatoms. The van der Waals surface area contributed by atoms with Crippen molar-refractivity contribution >= 4 is 17.7 Å².